The molecule has 0 N–H and O–H groups in total. The van der Waals surface area contributed by atoms with E-state index < -0.39 is 5.41 Å². The Bertz CT molecular complexity index is 5680. The van der Waals surface area contributed by atoms with Gasteiger partial charge >= 0.3 is 0 Å². The lowest BCUT2D eigenvalue weighted by atomic mass is 9.70. The van der Waals surface area contributed by atoms with Crippen molar-refractivity contribution >= 4 is 86.1 Å². The molecule has 0 heterocycles. The molecular formula is C112H91N3. The number of fused-ring (bicyclic) bond motifs is 10. The molecule has 0 saturated heterocycles. The van der Waals surface area contributed by atoms with Gasteiger partial charge in [-0.3, -0.25) is 0 Å². The second-order valence-electron chi connectivity index (χ2n) is 31.6. The molecule has 0 fully saturated rings. The van der Waals surface area contributed by atoms with Crippen LogP contribution in [0.25, 0.3) is 57.2 Å². The fourth-order valence-electron chi connectivity index (χ4n) is 17.0. The van der Waals surface area contributed by atoms with Gasteiger partial charge in [0.1, 0.15) is 0 Å². The van der Waals surface area contributed by atoms with E-state index in [9.17, 15) is 0 Å². The SMILES string of the molecule is Cc1ccc(C(=Cc2ccc(N(c3ccc(C)cc3)c3ccc4c(c3)C3(c5ccccc5-4)c4cc(N(c5ccc(C)cc5)c5ccc(C=C(c6ccc(C)cc6)c6ccc(C)cc6)cc5)ccc4-c4ccc(N(c5ccc(C)cc5)c5ccc(C=C(c6ccc(C)cc6)c6ccc(C)cc6)cc5)cc43)cc2)c2ccc(C)cc2)cc1. The van der Waals surface area contributed by atoms with Crippen molar-refractivity contribution in [3.8, 4) is 22.3 Å². The summed E-state index contributed by atoms with van der Waals surface area (Å²) in [4.78, 5) is 7.37. The minimum absolute atomic E-state index is 0.833. The van der Waals surface area contributed by atoms with Crippen LogP contribution in [-0.4, -0.2) is 0 Å². The van der Waals surface area contributed by atoms with Crippen molar-refractivity contribution in [3.63, 3.8) is 0 Å². The zero-order valence-corrected chi connectivity index (χ0v) is 66.8. The molecule has 0 radical (unpaired) electrons. The van der Waals surface area contributed by atoms with Gasteiger partial charge in [-0.2, -0.15) is 0 Å². The number of hydrogen-bond donors (Lipinski definition) is 0. The molecule has 2 aliphatic rings. The first-order valence-corrected chi connectivity index (χ1v) is 40.1. The van der Waals surface area contributed by atoms with Crippen LogP contribution in [0.4, 0.5) is 51.2 Å². The average molecular weight is 1480 g/mol. The van der Waals surface area contributed by atoms with Gasteiger partial charge in [-0.15, -0.1) is 0 Å². The van der Waals surface area contributed by atoms with E-state index in [4.69, 9.17) is 0 Å². The molecule has 16 aromatic carbocycles. The Balaban J connectivity index is 0.827. The van der Waals surface area contributed by atoms with Crippen molar-refractivity contribution in [2.24, 2.45) is 0 Å². The number of anilines is 9. The van der Waals surface area contributed by atoms with Crippen LogP contribution in [0.1, 0.15) is 122 Å². The highest BCUT2D eigenvalue weighted by Crippen LogP contribution is 2.65. The van der Waals surface area contributed by atoms with Crippen LogP contribution in [0.3, 0.4) is 0 Å². The third-order valence-electron chi connectivity index (χ3n) is 23.3. The third-order valence-corrected chi connectivity index (χ3v) is 23.3. The highest BCUT2D eigenvalue weighted by atomic mass is 15.2. The van der Waals surface area contributed by atoms with E-state index in [1.54, 1.807) is 0 Å². The predicted octanol–water partition coefficient (Wildman–Crippen LogP) is 30.0. The van der Waals surface area contributed by atoms with E-state index in [0.29, 0.717) is 0 Å². The maximum Gasteiger partial charge on any atom is 0.0727 e. The topological polar surface area (TPSA) is 9.72 Å². The smallest absolute Gasteiger partial charge is 0.0727 e. The predicted molar refractivity (Wildman–Crippen MR) is 489 cm³/mol. The van der Waals surface area contributed by atoms with Crippen LogP contribution in [0.5, 0.6) is 0 Å². The molecule has 2 aliphatic carbocycles. The maximum atomic E-state index is 2.53. The van der Waals surface area contributed by atoms with E-state index in [-0.39, 0.29) is 0 Å². The summed E-state index contributed by atoms with van der Waals surface area (Å²) >= 11 is 0. The largest absolute Gasteiger partial charge is 0.310 e. The number of rotatable bonds is 18. The van der Waals surface area contributed by atoms with Gasteiger partial charge in [0.2, 0.25) is 0 Å². The number of nitrogens with zero attached hydrogens (tertiary/aromatic N) is 3. The zero-order valence-electron chi connectivity index (χ0n) is 66.8. The summed E-state index contributed by atoms with van der Waals surface area (Å²) in [7, 11) is 0. The van der Waals surface area contributed by atoms with Crippen LogP contribution in [0.15, 0.2) is 370 Å². The Labute approximate surface area is 678 Å². The van der Waals surface area contributed by atoms with Gasteiger partial charge in [0.05, 0.1) is 5.41 Å². The highest BCUT2D eigenvalue weighted by Gasteiger charge is 2.52. The van der Waals surface area contributed by atoms with Gasteiger partial charge < -0.3 is 14.7 Å². The van der Waals surface area contributed by atoms with Crippen molar-refractivity contribution < 1.29 is 0 Å². The number of hydrogen-bond acceptors (Lipinski definition) is 3. The Kier molecular flexibility index (Phi) is 19.4. The molecule has 3 heteroatoms. The highest BCUT2D eigenvalue weighted by molar-refractivity contribution is 6.00. The summed E-state index contributed by atoms with van der Waals surface area (Å²) in [5.41, 5.74) is 43.5. The van der Waals surface area contributed by atoms with Gasteiger partial charge in [-0.25, -0.2) is 0 Å². The molecule has 1 spiro atoms. The van der Waals surface area contributed by atoms with E-state index in [2.05, 4.69) is 465 Å². The minimum Gasteiger partial charge on any atom is -0.310 e. The van der Waals surface area contributed by atoms with Crippen LogP contribution in [-0.2, 0) is 5.41 Å². The van der Waals surface area contributed by atoms with Crippen molar-refractivity contribution in [2.45, 2.75) is 67.7 Å². The summed E-state index contributed by atoms with van der Waals surface area (Å²) in [6.07, 6.45) is 7.02. The van der Waals surface area contributed by atoms with E-state index in [0.717, 1.165) is 67.9 Å². The lowest BCUT2D eigenvalue weighted by Gasteiger charge is -2.34. The molecule has 0 saturated carbocycles. The van der Waals surface area contributed by atoms with Crippen LogP contribution >= 0.6 is 0 Å². The van der Waals surface area contributed by atoms with Gasteiger partial charge in [-0.05, 0) is 301 Å². The van der Waals surface area contributed by atoms with Crippen LogP contribution in [0.2, 0.25) is 0 Å². The van der Waals surface area contributed by atoms with Crippen molar-refractivity contribution in [3.05, 3.63) is 492 Å². The summed E-state index contributed by atoms with van der Waals surface area (Å²) in [6.45, 7) is 19.4. The molecule has 3 nitrogen and oxygen atoms in total. The second-order valence-corrected chi connectivity index (χ2v) is 31.6. The van der Waals surface area contributed by atoms with Gasteiger partial charge in [0, 0.05) is 51.2 Å². The summed E-state index contributed by atoms with van der Waals surface area (Å²) in [5, 5.41) is 0. The molecule has 0 atom stereocenters. The molecule has 554 valence electrons. The average Bonchev–Trinajstić information content (AvgIpc) is 1.50. The van der Waals surface area contributed by atoms with E-state index in [1.807, 2.05) is 0 Å². The Morgan fingerprint density at radius 2 is 0.365 bits per heavy atom. The molecule has 0 amide bonds. The number of benzene rings is 16. The Morgan fingerprint density at radius 3 is 0.591 bits per heavy atom. The molecule has 18 rings (SSSR count). The molecule has 115 heavy (non-hydrogen) atoms. The van der Waals surface area contributed by atoms with Gasteiger partial charge in [0.25, 0.3) is 0 Å². The molecule has 0 aliphatic heterocycles. The molecule has 0 bridgehead atoms. The van der Waals surface area contributed by atoms with Crippen molar-refractivity contribution in [1.29, 1.82) is 0 Å². The molecule has 0 aromatic heterocycles. The zero-order chi connectivity index (χ0) is 78.4. The standard InChI is InChI=1S/C112H91N3/c1-74-14-38-86(39-15-74)105(87-40-16-75(2)17-41-87)68-83-32-56-95(57-33-83)113(92-50-26-80(7)27-51-92)98-62-65-102-101-12-10-11-13-108(101)112(109(102)71-98)110-72-99(114(93-52-28-81(8)29-53-93)96-58-34-84(35-59-96)69-106(88-42-18-76(3)19-43-88)89-44-20-77(4)21-45-89)63-66-103(110)104-67-64-100(73-111(104)112)115(94-54-30-82(9)31-55-94)97-60-36-85(37-61-97)70-107(90-46-22-78(5)23-47-90)91-48-24-79(6)25-49-91/h10-73H,1-9H3. The van der Waals surface area contributed by atoms with E-state index in [1.165, 1.54) is 145 Å². The Hall–Kier alpha value is -13.9. The summed E-state index contributed by atoms with van der Waals surface area (Å²) in [5.74, 6) is 0. The first-order chi connectivity index (χ1) is 56.1. The summed E-state index contributed by atoms with van der Waals surface area (Å²) < 4.78 is 0. The Morgan fingerprint density at radius 1 is 0.183 bits per heavy atom. The fourth-order valence-corrected chi connectivity index (χ4v) is 17.0. The first kappa shape index (κ1) is 72.7. The lowest BCUT2D eigenvalue weighted by molar-refractivity contribution is 0.793. The van der Waals surface area contributed by atoms with Crippen LogP contribution < -0.4 is 14.7 Å². The summed E-state index contributed by atoms with van der Waals surface area (Å²) in [6, 6.07) is 139. The normalized spacial score (nSPS) is 11.9. The van der Waals surface area contributed by atoms with Crippen molar-refractivity contribution in [2.75, 3.05) is 14.7 Å². The first-order valence-electron chi connectivity index (χ1n) is 40.1. The molecule has 16 aromatic rings. The lowest BCUT2D eigenvalue weighted by Crippen LogP contribution is -2.27. The maximum absolute atomic E-state index is 2.53. The molecular weight excluding hydrogens is 1390 g/mol. The fraction of sp³-hybridized carbons (Fsp3) is 0.0893. The third kappa shape index (κ3) is 14.3. The van der Waals surface area contributed by atoms with Crippen LogP contribution in [0, 0.1) is 62.3 Å². The molecule has 0 unspecified atom stereocenters. The van der Waals surface area contributed by atoms with E-state index >= 15 is 0 Å². The second kappa shape index (κ2) is 30.7. The monoisotopic (exact) mass is 1480 g/mol. The minimum atomic E-state index is -0.833. The number of aryl methyl sites for hydroxylation is 9. The van der Waals surface area contributed by atoms with Gasteiger partial charge in [-0.1, -0.05) is 311 Å². The quantitative estimate of drug-likeness (QED) is 0.0793. The van der Waals surface area contributed by atoms with Gasteiger partial charge in [0.15, 0.2) is 0 Å². The van der Waals surface area contributed by atoms with Crippen molar-refractivity contribution in [1.82, 2.24) is 0 Å².